The van der Waals surface area contributed by atoms with Crippen LogP contribution in [0.4, 0.5) is 9.18 Å². The topological polar surface area (TPSA) is 59.1 Å². The predicted molar refractivity (Wildman–Crippen MR) is 120 cm³/mol. The molecule has 1 spiro atoms. The lowest BCUT2D eigenvalue weighted by Crippen LogP contribution is -2.50. The highest BCUT2D eigenvalue weighted by molar-refractivity contribution is 5.89. The van der Waals surface area contributed by atoms with Crippen LogP contribution in [0.1, 0.15) is 36.0 Å². The molecule has 2 aromatic rings. The number of amides is 2. The van der Waals surface area contributed by atoms with Crippen LogP contribution in [0, 0.1) is 12.7 Å². The molecule has 0 unspecified atom stereocenters. The molecule has 33 heavy (non-hydrogen) atoms. The number of benzene rings is 2. The van der Waals surface area contributed by atoms with E-state index in [1.807, 2.05) is 11.8 Å². The summed E-state index contributed by atoms with van der Waals surface area (Å²) in [6.45, 7) is 4.89. The van der Waals surface area contributed by atoms with Crippen molar-refractivity contribution in [1.29, 1.82) is 0 Å². The lowest BCUT2D eigenvalue weighted by molar-refractivity contribution is -0.141. The van der Waals surface area contributed by atoms with Crippen molar-refractivity contribution in [3.63, 3.8) is 0 Å². The molecule has 3 heterocycles. The summed E-state index contributed by atoms with van der Waals surface area (Å²) in [5, 5.41) is 0. The summed E-state index contributed by atoms with van der Waals surface area (Å²) in [5.41, 5.74) is 1.74. The van der Waals surface area contributed by atoms with Crippen LogP contribution in [-0.2, 0) is 26.2 Å². The Kier molecular flexibility index (Phi) is 5.60. The van der Waals surface area contributed by atoms with E-state index in [0.29, 0.717) is 58.7 Å². The third kappa shape index (κ3) is 4.10. The summed E-state index contributed by atoms with van der Waals surface area (Å²) in [7, 11) is 0. The number of carbonyl (C=O) groups excluding carboxylic acids is 2. The Balaban J connectivity index is 1.32. The summed E-state index contributed by atoms with van der Waals surface area (Å²) in [6, 6.07) is 14.4. The summed E-state index contributed by atoms with van der Waals surface area (Å²) < 4.78 is 24.6. The molecule has 0 aromatic heterocycles. The summed E-state index contributed by atoms with van der Waals surface area (Å²) in [5.74, 6) is -0.209. The third-order valence-electron chi connectivity index (χ3n) is 7.29. The first-order valence-electron chi connectivity index (χ1n) is 11.6. The summed E-state index contributed by atoms with van der Waals surface area (Å²) >= 11 is 0. The molecule has 0 saturated carbocycles. The van der Waals surface area contributed by atoms with Crippen molar-refractivity contribution < 1.29 is 23.5 Å². The number of ether oxygens (including phenoxy) is 2. The van der Waals surface area contributed by atoms with Crippen LogP contribution in [0.2, 0.25) is 0 Å². The van der Waals surface area contributed by atoms with Gasteiger partial charge in [0.1, 0.15) is 5.82 Å². The van der Waals surface area contributed by atoms with Crippen LogP contribution in [0.3, 0.4) is 0 Å². The van der Waals surface area contributed by atoms with E-state index in [0.717, 1.165) is 16.7 Å². The molecular formula is C26H29FN2O4. The monoisotopic (exact) mass is 452 g/mol. The lowest BCUT2D eigenvalue weighted by Gasteiger charge is -2.39. The summed E-state index contributed by atoms with van der Waals surface area (Å²) in [6.07, 6.45) is 1.53. The maximum absolute atomic E-state index is 13.9. The van der Waals surface area contributed by atoms with E-state index in [1.54, 1.807) is 17.0 Å². The number of nitrogens with zero attached hydrogens (tertiary/aromatic N) is 2. The molecule has 0 N–H and O–H groups in total. The van der Waals surface area contributed by atoms with Gasteiger partial charge in [-0.05, 0) is 43.0 Å². The number of aryl methyl sites for hydroxylation is 1. The summed E-state index contributed by atoms with van der Waals surface area (Å²) in [4.78, 5) is 30.0. The zero-order valence-corrected chi connectivity index (χ0v) is 18.9. The number of likely N-dealkylation sites (tertiary alicyclic amines) is 1. The highest BCUT2D eigenvalue weighted by atomic mass is 19.1. The van der Waals surface area contributed by atoms with Crippen molar-refractivity contribution in [1.82, 2.24) is 9.80 Å². The number of rotatable bonds is 4. The lowest BCUT2D eigenvalue weighted by atomic mass is 9.73. The molecule has 3 aliphatic heterocycles. The minimum absolute atomic E-state index is 0.0968. The van der Waals surface area contributed by atoms with Gasteiger partial charge in [-0.3, -0.25) is 9.69 Å². The van der Waals surface area contributed by atoms with Crippen molar-refractivity contribution in [3.8, 4) is 0 Å². The zero-order valence-electron chi connectivity index (χ0n) is 18.9. The minimum atomic E-state index is -0.688. The number of hydrogen-bond acceptors (Lipinski definition) is 4. The fourth-order valence-corrected chi connectivity index (χ4v) is 5.38. The van der Waals surface area contributed by atoms with Crippen molar-refractivity contribution in [3.05, 3.63) is 71.0 Å². The minimum Gasteiger partial charge on any atom is -0.439 e. The van der Waals surface area contributed by atoms with Crippen LogP contribution in [0.5, 0.6) is 0 Å². The Morgan fingerprint density at radius 3 is 2.39 bits per heavy atom. The molecular weight excluding hydrogens is 423 g/mol. The SMILES string of the molecule is Cc1ccc(C2(C(=O)N3CC[C@@]4(CN(Cc5ccc(F)cc5)C(=O)O4)C3)CCOCC2)cc1. The van der Waals surface area contributed by atoms with Crippen molar-refractivity contribution in [2.24, 2.45) is 0 Å². The quantitative estimate of drug-likeness (QED) is 0.708. The van der Waals surface area contributed by atoms with E-state index in [-0.39, 0.29) is 17.8 Å². The third-order valence-corrected chi connectivity index (χ3v) is 7.29. The van der Waals surface area contributed by atoms with Gasteiger partial charge in [0.15, 0.2) is 5.60 Å². The molecule has 2 amide bonds. The van der Waals surface area contributed by atoms with E-state index in [9.17, 15) is 14.0 Å². The van der Waals surface area contributed by atoms with Crippen molar-refractivity contribution in [2.45, 2.75) is 43.7 Å². The number of hydrogen-bond donors (Lipinski definition) is 0. The largest absolute Gasteiger partial charge is 0.439 e. The Morgan fingerprint density at radius 1 is 1.00 bits per heavy atom. The van der Waals surface area contributed by atoms with Gasteiger partial charge >= 0.3 is 6.09 Å². The molecule has 1 atom stereocenters. The molecule has 0 bridgehead atoms. The molecule has 0 aliphatic carbocycles. The molecule has 2 aromatic carbocycles. The molecule has 6 nitrogen and oxygen atoms in total. The van der Waals surface area contributed by atoms with E-state index in [4.69, 9.17) is 9.47 Å². The van der Waals surface area contributed by atoms with E-state index >= 15 is 0 Å². The highest BCUT2D eigenvalue weighted by Crippen LogP contribution is 2.40. The first-order chi connectivity index (χ1) is 15.9. The first kappa shape index (κ1) is 21.9. The Hall–Kier alpha value is -2.93. The Bertz CT molecular complexity index is 1030. The molecule has 0 radical (unpaired) electrons. The Labute approximate surface area is 193 Å². The molecule has 3 saturated heterocycles. The second kappa shape index (κ2) is 8.45. The standard InChI is InChI=1S/C26H29FN2O4/c1-19-2-6-21(7-3-19)26(11-14-32-15-12-26)23(30)28-13-10-25(17-28)18-29(24(31)33-25)16-20-4-8-22(27)9-5-20/h2-9H,10-18H2,1H3/t25-/m0/s1. The van der Waals surface area contributed by atoms with Crippen molar-refractivity contribution in [2.75, 3.05) is 32.8 Å². The van der Waals surface area contributed by atoms with E-state index in [2.05, 4.69) is 24.3 Å². The normalized spacial score (nSPS) is 24.4. The number of halogens is 1. The second-order valence-electron chi connectivity index (χ2n) is 9.57. The van der Waals surface area contributed by atoms with Gasteiger partial charge in [0.05, 0.1) is 18.5 Å². The predicted octanol–water partition coefficient (Wildman–Crippen LogP) is 3.81. The maximum atomic E-state index is 13.9. The van der Waals surface area contributed by atoms with Gasteiger partial charge in [0.25, 0.3) is 0 Å². The Morgan fingerprint density at radius 2 is 1.70 bits per heavy atom. The van der Waals surface area contributed by atoms with E-state index in [1.165, 1.54) is 12.1 Å². The van der Waals surface area contributed by atoms with Crippen LogP contribution in [0.15, 0.2) is 48.5 Å². The molecule has 174 valence electrons. The maximum Gasteiger partial charge on any atom is 0.410 e. The van der Waals surface area contributed by atoms with Crippen LogP contribution < -0.4 is 0 Å². The van der Waals surface area contributed by atoms with Crippen LogP contribution in [-0.4, -0.2) is 60.2 Å². The van der Waals surface area contributed by atoms with Crippen LogP contribution in [0.25, 0.3) is 0 Å². The van der Waals surface area contributed by atoms with Gasteiger partial charge in [-0.2, -0.15) is 0 Å². The fourth-order valence-electron chi connectivity index (χ4n) is 5.38. The second-order valence-corrected chi connectivity index (χ2v) is 9.57. The van der Waals surface area contributed by atoms with Gasteiger partial charge < -0.3 is 14.4 Å². The molecule has 3 aliphatic rings. The average molecular weight is 453 g/mol. The van der Waals surface area contributed by atoms with Gasteiger partial charge in [-0.15, -0.1) is 0 Å². The van der Waals surface area contributed by atoms with E-state index < -0.39 is 11.0 Å². The van der Waals surface area contributed by atoms with Gasteiger partial charge in [0.2, 0.25) is 5.91 Å². The molecule has 3 fully saturated rings. The van der Waals surface area contributed by atoms with Gasteiger partial charge in [0, 0.05) is 32.7 Å². The molecule has 5 rings (SSSR count). The zero-order chi connectivity index (χ0) is 23.1. The van der Waals surface area contributed by atoms with Crippen LogP contribution >= 0.6 is 0 Å². The molecule has 7 heteroatoms. The highest BCUT2D eigenvalue weighted by Gasteiger charge is 2.53. The average Bonchev–Trinajstić information content (AvgIpc) is 3.37. The fraction of sp³-hybridized carbons (Fsp3) is 0.462. The van der Waals surface area contributed by atoms with Gasteiger partial charge in [-0.1, -0.05) is 42.0 Å². The van der Waals surface area contributed by atoms with Crippen molar-refractivity contribution >= 4 is 12.0 Å². The van der Waals surface area contributed by atoms with Gasteiger partial charge in [-0.25, -0.2) is 9.18 Å². The number of carbonyl (C=O) groups is 2. The first-order valence-corrected chi connectivity index (χ1v) is 11.6. The smallest absolute Gasteiger partial charge is 0.410 e.